The Morgan fingerprint density at radius 1 is 1.12 bits per heavy atom. The molecule has 2 aliphatic rings. The Hall–Kier alpha value is -2.11. The second-order valence-electron chi connectivity index (χ2n) is 6.78. The Balaban J connectivity index is 1.69. The summed E-state index contributed by atoms with van der Waals surface area (Å²) in [6, 6.07) is 3.45. The monoisotopic (exact) mass is 331 g/mol. The van der Waals surface area contributed by atoms with E-state index >= 15 is 0 Å². The molecule has 130 valence electrons. The summed E-state index contributed by atoms with van der Waals surface area (Å²) < 4.78 is 0. The average molecular weight is 331 g/mol. The highest BCUT2D eigenvalue weighted by Gasteiger charge is 2.38. The molecule has 3 rings (SSSR count). The molecule has 2 fully saturated rings. The van der Waals surface area contributed by atoms with Gasteiger partial charge in [-0.05, 0) is 38.3 Å². The smallest absolute Gasteiger partial charge is 0.308 e. The highest BCUT2D eigenvalue weighted by Crippen LogP contribution is 2.26. The largest absolute Gasteiger partial charge is 0.481 e. The molecule has 3 heterocycles. The van der Waals surface area contributed by atoms with Crippen LogP contribution in [0.5, 0.6) is 0 Å². The fraction of sp³-hybridized carbons (Fsp3) is 0.611. The van der Waals surface area contributed by atoms with Gasteiger partial charge < -0.3 is 14.9 Å². The second kappa shape index (κ2) is 7.20. The molecular weight excluding hydrogens is 306 g/mol. The minimum Gasteiger partial charge on any atom is -0.481 e. The first-order valence-corrected chi connectivity index (χ1v) is 8.82. The molecule has 2 unspecified atom stereocenters. The first kappa shape index (κ1) is 16.7. The molecule has 6 nitrogen and oxygen atoms in total. The predicted molar refractivity (Wildman–Crippen MR) is 91.2 cm³/mol. The van der Waals surface area contributed by atoms with Crippen molar-refractivity contribution in [3.63, 3.8) is 0 Å². The van der Waals surface area contributed by atoms with Crippen molar-refractivity contribution in [2.45, 2.75) is 45.1 Å². The zero-order valence-corrected chi connectivity index (χ0v) is 14.1. The molecule has 6 heteroatoms. The Kier molecular flexibility index (Phi) is 5.02. The van der Waals surface area contributed by atoms with Gasteiger partial charge in [0.05, 0.1) is 11.5 Å². The Morgan fingerprint density at radius 3 is 2.38 bits per heavy atom. The summed E-state index contributed by atoms with van der Waals surface area (Å²) in [6.07, 6.45) is 7.05. The van der Waals surface area contributed by atoms with Gasteiger partial charge in [-0.3, -0.25) is 9.59 Å². The lowest BCUT2D eigenvalue weighted by Gasteiger charge is -2.24. The fourth-order valence-electron chi connectivity index (χ4n) is 3.72. The zero-order chi connectivity index (χ0) is 17.1. The van der Waals surface area contributed by atoms with Crippen LogP contribution in [0, 0.1) is 5.92 Å². The molecule has 0 saturated carbocycles. The van der Waals surface area contributed by atoms with E-state index in [1.807, 2.05) is 19.1 Å². The normalized spacial score (nSPS) is 24.7. The van der Waals surface area contributed by atoms with Crippen LogP contribution in [0.15, 0.2) is 18.3 Å². The first-order valence-electron chi connectivity index (χ1n) is 8.82. The summed E-state index contributed by atoms with van der Waals surface area (Å²) in [7, 11) is 0. The van der Waals surface area contributed by atoms with Crippen molar-refractivity contribution in [3.05, 3.63) is 23.9 Å². The molecule has 0 bridgehead atoms. The number of likely N-dealkylation sites (tertiary alicyclic amines) is 1. The highest BCUT2D eigenvalue weighted by atomic mass is 16.4. The molecule has 1 amide bonds. The number of carboxylic acids is 1. The molecule has 2 atom stereocenters. The number of carboxylic acid groups (broad SMARTS) is 1. The number of hydrogen-bond acceptors (Lipinski definition) is 4. The summed E-state index contributed by atoms with van der Waals surface area (Å²) >= 11 is 0. The van der Waals surface area contributed by atoms with Gasteiger partial charge in [0.25, 0.3) is 5.91 Å². The van der Waals surface area contributed by atoms with Crippen LogP contribution in [-0.4, -0.2) is 52.5 Å². The van der Waals surface area contributed by atoms with Gasteiger partial charge in [0, 0.05) is 31.9 Å². The van der Waals surface area contributed by atoms with E-state index in [4.69, 9.17) is 0 Å². The van der Waals surface area contributed by atoms with Crippen LogP contribution in [0.25, 0.3) is 0 Å². The fourth-order valence-corrected chi connectivity index (χ4v) is 3.72. The van der Waals surface area contributed by atoms with E-state index in [1.54, 1.807) is 11.1 Å². The van der Waals surface area contributed by atoms with Crippen LogP contribution in [0.1, 0.15) is 49.4 Å². The van der Waals surface area contributed by atoms with Gasteiger partial charge in [-0.25, -0.2) is 4.98 Å². The maximum Gasteiger partial charge on any atom is 0.308 e. The number of rotatable bonds is 3. The van der Waals surface area contributed by atoms with Crippen LogP contribution in [-0.2, 0) is 4.79 Å². The van der Waals surface area contributed by atoms with Crippen LogP contribution in [0.3, 0.4) is 0 Å². The average Bonchev–Trinajstić information content (AvgIpc) is 2.80. The van der Waals surface area contributed by atoms with Crippen LogP contribution >= 0.6 is 0 Å². The standard InChI is InChI=1S/C18H25N3O3/c1-13-15(18(23)24)8-11-21(13)17(22)14-6-7-16(19-12-14)20-9-4-2-3-5-10-20/h6-7,12-13,15H,2-5,8-11H2,1H3,(H,23,24). The topological polar surface area (TPSA) is 73.7 Å². The van der Waals surface area contributed by atoms with E-state index in [-0.39, 0.29) is 11.9 Å². The van der Waals surface area contributed by atoms with Crippen molar-refractivity contribution < 1.29 is 14.7 Å². The number of carbonyl (C=O) groups is 2. The van der Waals surface area contributed by atoms with Crippen molar-refractivity contribution >= 4 is 17.7 Å². The molecule has 1 aromatic rings. The summed E-state index contributed by atoms with van der Waals surface area (Å²) in [4.78, 5) is 32.3. The summed E-state index contributed by atoms with van der Waals surface area (Å²) in [6.45, 7) is 4.33. The number of aromatic nitrogens is 1. The van der Waals surface area contributed by atoms with Crippen LogP contribution in [0.2, 0.25) is 0 Å². The number of aliphatic carboxylic acids is 1. The van der Waals surface area contributed by atoms with Crippen molar-refractivity contribution in [2.24, 2.45) is 5.92 Å². The molecule has 0 aromatic carbocycles. The molecule has 0 radical (unpaired) electrons. The van der Waals surface area contributed by atoms with Gasteiger partial charge in [0.15, 0.2) is 0 Å². The minimum atomic E-state index is -0.826. The molecule has 0 aliphatic carbocycles. The quantitative estimate of drug-likeness (QED) is 0.920. The van der Waals surface area contributed by atoms with E-state index in [0.29, 0.717) is 18.5 Å². The van der Waals surface area contributed by atoms with E-state index in [9.17, 15) is 14.7 Å². The molecule has 0 spiro atoms. The first-order chi connectivity index (χ1) is 11.6. The van der Waals surface area contributed by atoms with Crippen LogP contribution in [0.4, 0.5) is 5.82 Å². The number of amides is 1. The number of pyridine rings is 1. The second-order valence-corrected chi connectivity index (χ2v) is 6.78. The molecular formula is C18H25N3O3. The highest BCUT2D eigenvalue weighted by molar-refractivity contribution is 5.95. The van der Waals surface area contributed by atoms with E-state index in [2.05, 4.69) is 9.88 Å². The molecule has 24 heavy (non-hydrogen) atoms. The van der Waals surface area contributed by atoms with E-state index in [0.717, 1.165) is 18.9 Å². The number of nitrogens with zero attached hydrogens (tertiary/aromatic N) is 3. The Labute approximate surface area is 142 Å². The third-order valence-electron chi connectivity index (χ3n) is 5.26. The molecule has 2 saturated heterocycles. The van der Waals surface area contributed by atoms with Gasteiger partial charge in [0.2, 0.25) is 0 Å². The zero-order valence-electron chi connectivity index (χ0n) is 14.1. The minimum absolute atomic E-state index is 0.124. The SMILES string of the molecule is CC1C(C(=O)O)CCN1C(=O)c1ccc(N2CCCCCC2)nc1. The molecule has 1 aromatic heterocycles. The van der Waals surface area contributed by atoms with E-state index in [1.165, 1.54) is 25.7 Å². The summed E-state index contributed by atoms with van der Waals surface area (Å²) in [5, 5.41) is 9.20. The Bertz CT molecular complexity index is 594. The number of carbonyl (C=O) groups excluding carboxylic acids is 1. The van der Waals surface area contributed by atoms with Crippen molar-refractivity contribution in [3.8, 4) is 0 Å². The van der Waals surface area contributed by atoms with Gasteiger partial charge in [-0.1, -0.05) is 12.8 Å². The Morgan fingerprint density at radius 2 is 1.83 bits per heavy atom. The maximum absolute atomic E-state index is 12.6. The lowest BCUT2D eigenvalue weighted by atomic mass is 10.0. The van der Waals surface area contributed by atoms with Gasteiger partial charge >= 0.3 is 5.97 Å². The lowest BCUT2D eigenvalue weighted by Crippen LogP contribution is -2.37. The van der Waals surface area contributed by atoms with Crippen molar-refractivity contribution in [1.82, 2.24) is 9.88 Å². The van der Waals surface area contributed by atoms with Gasteiger partial charge in [-0.2, -0.15) is 0 Å². The maximum atomic E-state index is 12.6. The van der Waals surface area contributed by atoms with Crippen molar-refractivity contribution in [2.75, 3.05) is 24.5 Å². The molecule has 1 N–H and O–H groups in total. The molecule has 2 aliphatic heterocycles. The van der Waals surface area contributed by atoms with Gasteiger partial charge in [0.1, 0.15) is 5.82 Å². The third kappa shape index (κ3) is 3.37. The third-order valence-corrected chi connectivity index (χ3v) is 5.26. The predicted octanol–water partition coefficient (Wildman–Crippen LogP) is 2.40. The van der Waals surface area contributed by atoms with Crippen LogP contribution < -0.4 is 4.90 Å². The van der Waals surface area contributed by atoms with Crippen molar-refractivity contribution in [1.29, 1.82) is 0 Å². The summed E-state index contributed by atoms with van der Waals surface area (Å²) in [5.74, 6) is -0.502. The van der Waals surface area contributed by atoms with E-state index < -0.39 is 11.9 Å². The number of anilines is 1. The lowest BCUT2D eigenvalue weighted by molar-refractivity contribution is -0.142. The van der Waals surface area contributed by atoms with Gasteiger partial charge in [-0.15, -0.1) is 0 Å². The number of hydrogen-bond donors (Lipinski definition) is 1. The summed E-state index contributed by atoms with van der Waals surface area (Å²) in [5.41, 5.74) is 0.534.